The van der Waals surface area contributed by atoms with Gasteiger partial charge in [0, 0.05) is 17.7 Å². The highest BCUT2D eigenvalue weighted by Crippen LogP contribution is 2.42. The van der Waals surface area contributed by atoms with Crippen molar-refractivity contribution in [3.63, 3.8) is 0 Å². The number of carbonyl (C=O) groups is 4. The molecule has 0 unspecified atom stereocenters. The molecule has 1 aliphatic heterocycles. The first-order chi connectivity index (χ1) is 21.8. The van der Waals surface area contributed by atoms with E-state index in [0.717, 1.165) is 11.0 Å². The molecule has 5 N–H and O–H groups in total. The van der Waals surface area contributed by atoms with E-state index in [9.17, 15) is 19.2 Å². The van der Waals surface area contributed by atoms with Crippen LogP contribution in [0.3, 0.4) is 0 Å². The number of para-hydroxylation sites is 1. The summed E-state index contributed by atoms with van der Waals surface area (Å²) in [6.07, 6.45) is 2.02. The molecule has 0 radical (unpaired) electrons. The fourth-order valence-electron chi connectivity index (χ4n) is 5.26. The van der Waals surface area contributed by atoms with E-state index >= 15 is 0 Å². The van der Waals surface area contributed by atoms with Gasteiger partial charge in [-0.05, 0) is 84.1 Å². The summed E-state index contributed by atoms with van der Waals surface area (Å²) in [6.45, 7) is 10.3. The topological polar surface area (TPSA) is 167 Å². The van der Waals surface area contributed by atoms with Gasteiger partial charge in [0.1, 0.15) is 23.8 Å². The number of nitrogens with one attached hydrogen (secondary N) is 3. The number of nitrogens with two attached hydrogens (primary N) is 1. The summed E-state index contributed by atoms with van der Waals surface area (Å²) in [5, 5.41) is 8.09. The molecule has 1 saturated carbocycles. The molecule has 1 atom stereocenters. The second-order valence-electron chi connectivity index (χ2n) is 12.7. The van der Waals surface area contributed by atoms with Gasteiger partial charge in [-0.25, -0.2) is 4.79 Å². The fourth-order valence-corrected chi connectivity index (χ4v) is 5.26. The van der Waals surface area contributed by atoms with Gasteiger partial charge < -0.3 is 40.5 Å². The number of hydrogen-bond acceptors (Lipinski definition) is 8. The van der Waals surface area contributed by atoms with Crippen molar-refractivity contribution in [2.24, 2.45) is 11.1 Å². The van der Waals surface area contributed by atoms with Crippen molar-refractivity contribution < 1.29 is 38.0 Å². The summed E-state index contributed by atoms with van der Waals surface area (Å²) in [6, 6.07) is 13.1. The zero-order chi connectivity index (χ0) is 33.5. The summed E-state index contributed by atoms with van der Waals surface area (Å²) < 4.78 is 23.7. The van der Waals surface area contributed by atoms with Gasteiger partial charge in [-0.15, -0.1) is 0 Å². The second-order valence-corrected chi connectivity index (χ2v) is 12.7. The molecule has 4 amide bonds. The van der Waals surface area contributed by atoms with Crippen LogP contribution in [-0.2, 0) is 35.0 Å². The van der Waals surface area contributed by atoms with Gasteiger partial charge in [0.15, 0.2) is 0 Å². The Morgan fingerprint density at radius 3 is 2.22 bits per heavy atom. The van der Waals surface area contributed by atoms with Crippen LogP contribution in [0.15, 0.2) is 48.5 Å². The number of carbonyl (C=O) groups excluding carboxylic acids is 4. The Morgan fingerprint density at radius 1 is 0.978 bits per heavy atom. The van der Waals surface area contributed by atoms with E-state index in [-0.39, 0.29) is 26.2 Å². The van der Waals surface area contributed by atoms with E-state index in [0.29, 0.717) is 37.1 Å². The molecule has 2 aromatic carbocycles. The highest BCUT2D eigenvalue weighted by atomic mass is 16.7. The number of amides is 4. The van der Waals surface area contributed by atoms with E-state index in [1.807, 2.05) is 64.1 Å². The predicted octanol–water partition coefficient (Wildman–Crippen LogP) is 3.17. The molecule has 1 saturated heterocycles. The smallest absolute Gasteiger partial charge is 0.489 e. The van der Waals surface area contributed by atoms with Crippen LogP contribution in [0.2, 0.25) is 0 Å². The van der Waals surface area contributed by atoms with Crippen molar-refractivity contribution in [3.05, 3.63) is 54.1 Å². The number of benzene rings is 2. The summed E-state index contributed by atoms with van der Waals surface area (Å²) in [4.78, 5) is 50.3. The van der Waals surface area contributed by atoms with Crippen molar-refractivity contribution in [1.82, 2.24) is 10.6 Å². The molecule has 13 heteroatoms. The van der Waals surface area contributed by atoms with Crippen LogP contribution in [0.25, 0.3) is 0 Å². The molecule has 248 valence electrons. The third-order valence-electron chi connectivity index (χ3n) is 8.94. The normalized spacial score (nSPS) is 18.1. The Labute approximate surface area is 270 Å². The third-order valence-corrected chi connectivity index (χ3v) is 8.94. The Hall–Kier alpha value is -4.10. The van der Waals surface area contributed by atoms with Crippen molar-refractivity contribution >= 4 is 42.1 Å². The van der Waals surface area contributed by atoms with Crippen LogP contribution in [0.5, 0.6) is 5.75 Å². The maximum Gasteiger partial charge on any atom is 0.498 e. The molecule has 1 heterocycles. The minimum absolute atomic E-state index is 0.157. The predicted molar refractivity (Wildman–Crippen MR) is 173 cm³/mol. The molecule has 2 aromatic rings. The van der Waals surface area contributed by atoms with Gasteiger partial charge in [-0.3, -0.25) is 14.4 Å². The number of hydrogen-bond donors (Lipinski definition) is 4. The maximum absolute atomic E-state index is 13.4. The Bertz CT molecular complexity index is 1390. The van der Waals surface area contributed by atoms with Crippen molar-refractivity contribution in [2.45, 2.75) is 90.6 Å². The summed E-state index contributed by atoms with van der Waals surface area (Å²) in [5.41, 5.74) is 5.09. The zero-order valence-corrected chi connectivity index (χ0v) is 27.3. The second kappa shape index (κ2) is 14.6. The number of anilines is 1. The average Bonchev–Trinajstić information content (AvgIpc) is 3.19. The molecule has 0 bridgehead atoms. The van der Waals surface area contributed by atoms with Crippen molar-refractivity contribution in [1.29, 1.82) is 0 Å². The SMILES string of the molecule is CCOC(=O)C1(C(=O)N[C@@H](CCCNC(N)=O)C(=O)Nc2ccc(COc3ccccc3B3OC(C)(C)C(C)(C)O3)cc2)CCC1. The Kier molecular flexibility index (Phi) is 11.0. The molecule has 0 aromatic heterocycles. The first-order valence-corrected chi connectivity index (χ1v) is 15.8. The quantitative estimate of drug-likeness (QED) is 0.106. The number of esters is 1. The Balaban J connectivity index is 1.38. The van der Waals surface area contributed by atoms with Gasteiger partial charge in [0.2, 0.25) is 11.8 Å². The molecule has 2 aliphatic rings. The van der Waals surface area contributed by atoms with Crippen LogP contribution in [0.4, 0.5) is 10.5 Å². The highest BCUT2D eigenvalue weighted by molar-refractivity contribution is 6.63. The van der Waals surface area contributed by atoms with E-state index in [1.54, 1.807) is 19.1 Å². The van der Waals surface area contributed by atoms with Crippen LogP contribution < -0.4 is 31.9 Å². The maximum atomic E-state index is 13.4. The molecule has 46 heavy (non-hydrogen) atoms. The number of ether oxygens (including phenoxy) is 2. The highest BCUT2D eigenvalue weighted by Gasteiger charge is 2.53. The number of urea groups is 1. The first kappa shape index (κ1) is 34.8. The van der Waals surface area contributed by atoms with Crippen LogP contribution in [0.1, 0.15) is 72.3 Å². The lowest BCUT2D eigenvalue weighted by molar-refractivity contribution is -0.167. The lowest BCUT2D eigenvalue weighted by Crippen LogP contribution is -2.56. The molecular formula is C33H45BN4O8. The van der Waals surface area contributed by atoms with Crippen LogP contribution in [-0.4, -0.2) is 61.3 Å². The molecular weight excluding hydrogens is 591 g/mol. The lowest BCUT2D eigenvalue weighted by atomic mass is 9.68. The molecule has 1 aliphatic carbocycles. The fraction of sp³-hybridized carbons (Fsp3) is 0.515. The van der Waals surface area contributed by atoms with Crippen LogP contribution >= 0.6 is 0 Å². The number of rotatable bonds is 14. The molecule has 12 nitrogen and oxygen atoms in total. The minimum Gasteiger partial charge on any atom is -0.489 e. The largest absolute Gasteiger partial charge is 0.498 e. The van der Waals surface area contributed by atoms with Crippen molar-refractivity contribution in [3.8, 4) is 5.75 Å². The zero-order valence-electron chi connectivity index (χ0n) is 27.3. The standard InChI is InChI=1S/C33H45BN4O8/c1-6-43-29(41)33(18-10-19-33)28(40)38-25(12-9-20-36-30(35)42)27(39)37-23-16-14-22(15-17-23)21-44-26-13-8-7-11-24(26)34-45-31(2,3)32(4,5)46-34/h7-8,11,13-17,25H,6,9-10,12,18-21H2,1-5H3,(H,37,39)(H,38,40)(H3,35,36,42)/t25-/m0/s1. The minimum atomic E-state index is -1.29. The Morgan fingerprint density at radius 2 is 1.63 bits per heavy atom. The van der Waals surface area contributed by atoms with E-state index in [2.05, 4.69) is 16.0 Å². The monoisotopic (exact) mass is 636 g/mol. The van der Waals surface area contributed by atoms with E-state index < -0.39 is 53.6 Å². The van der Waals surface area contributed by atoms with Gasteiger partial charge in [0.05, 0.1) is 17.8 Å². The molecule has 4 rings (SSSR count). The van der Waals surface area contributed by atoms with Crippen LogP contribution in [0, 0.1) is 5.41 Å². The van der Waals surface area contributed by atoms with Gasteiger partial charge in [0.25, 0.3) is 0 Å². The lowest BCUT2D eigenvalue weighted by Gasteiger charge is -2.38. The van der Waals surface area contributed by atoms with E-state index in [1.165, 1.54) is 0 Å². The van der Waals surface area contributed by atoms with Gasteiger partial charge in [-0.2, -0.15) is 0 Å². The average molecular weight is 637 g/mol. The summed E-state index contributed by atoms with van der Waals surface area (Å²) in [7, 11) is -0.560. The summed E-state index contributed by atoms with van der Waals surface area (Å²) >= 11 is 0. The van der Waals surface area contributed by atoms with E-state index in [4.69, 9.17) is 24.5 Å². The summed E-state index contributed by atoms with van der Waals surface area (Å²) in [5.74, 6) is -0.917. The number of primary amides is 1. The third kappa shape index (κ3) is 8.00. The first-order valence-electron chi connectivity index (χ1n) is 15.8. The van der Waals surface area contributed by atoms with Gasteiger partial charge >= 0.3 is 19.1 Å². The van der Waals surface area contributed by atoms with Crippen molar-refractivity contribution in [2.75, 3.05) is 18.5 Å². The molecule has 2 fully saturated rings. The molecule has 0 spiro atoms. The van der Waals surface area contributed by atoms with Gasteiger partial charge in [-0.1, -0.05) is 36.8 Å².